The highest BCUT2D eigenvalue weighted by Crippen LogP contribution is 2.17. The molecule has 0 spiro atoms. The maximum absolute atomic E-state index is 4.63. The van der Waals surface area contributed by atoms with Crippen molar-refractivity contribution in [3.05, 3.63) is 18.0 Å². The van der Waals surface area contributed by atoms with Crippen LogP contribution in [0.4, 0.5) is 0 Å². The minimum absolute atomic E-state index is 0. The maximum atomic E-state index is 4.63. The fourth-order valence-electron chi connectivity index (χ4n) is 1.87. The molecule has 0 saturated carbocycles. The lowest BCUT2D eigenvalue weighted by Gasteiger charge is -2.22. The fourth-order valence-corrected chi connectivity index (χ4v) is 1.87. The number of aliphatic imine (C=N–C) groups is 1. The van der Waals surface area contributed by atoms with E-state index in [0.717, 1.165) is 19.0 Å². The van der Waals surface area contributed by atoms with E-state index < -0.39 is 0 Å². The van der Waals surface area contributed by atoms with Crippen molar-refractivity contribution in [3.63, 3.8) is 0 Å². The smallest absolute Gasteiger partial charge is 0.191 e. The highest BCUT2D eigenvalue weighted by atomic mass is 127. The lowest BCUT2D eigenvalue weighted by molar-refractivity contribution is 0.306. The minimum Gasteiger partial charge on any atom is -0.357 e. The molecule has 6 nitrogen and oxygen atoms in total. The number of rotatable bonds is 6. The van der Waals surface area contributed by atoms with Gasteiger partial charge in [0, 0.05) is 31.9 Å². The summed E-state index contributed by atoms with van der Waals surface area (Å²) >= 11 is 0. The maximum Gasteiger partial charge on any atom is 0.191 e. The predicted molar refractivity (Wildman–Crippen MR) is 94.7 cm³/mol. The van der Waals surface area contributed by atoms with E-state index in [1.807, 2.05) is 24.1 Å². The zero-order valence-corrected chi connectivity index (χ0v) is 15.4. The highest BCUT2D eigenvalue weighted by molar-refractivity contribution is 14.0. The van der Waals surface area contributed by atoms with E-state index in [9.17, 15) is 0 Å². The number of aryl methyl sites for hydroxylation is 1. The SMILES string of the molecule is CCNC(=NCC(c1cnn(C)c1)N(C)C)NCC.I. The molecule has 0 aliphatic heterocycles. The van der Waals surface area contributed by atoms with Gasteiger partial charge >= 0.3 is 0 Å². The Morgan fingerprint density at radius 2 is 1.95 bits per heavy atom. The van der Waals surface area contributed by atoms with E-state index in [4.69, 9.17) is 0 Å². The largest absolute Gasteiger partial charge is 0.357 e. The highest BCUT2D eigenvalue weighted by Gasteiger charge is 2.15. The first kappa shape index (κ1) is 19.2. The van der Waals surface area contributed by atoms with Gasteiger partial charge in [-0.2, -0.15) is 5.10 Å². The number of halogens is 1. The molecule has 20 heavy (non-hydrogen) atoms. The first-order valence-electron chi connectivity index (χ1n) is 6.75. The summed E-state index contributed by atoms with van der Waals surface area (Å²) in [6, 6.07) is 0.237. The molecule has 1 unspecified atom stereocenters. The van der Waals surface area contributed by atoms with E-state index >= 15 is 0 Å². The van der Waals surface area contributed by atoms with Crippen molar-refractivity contribution in [1.82, 2.24) is 25.3 Å². The second-order valence-corrected chi connectivity index (χ2v) is 4.68. The average molecular weight is 394 g/mol. The average Bonchev–Trinajstić information content (AvgIpc) is 2.76. The van der Waals surface area contributed by atoms with Gasteiger partial charge in [-0.15, -0.1) is 24.0 Å². The van der Waals surface area contributed by atoms with E-state index in [-0.39, 0.29) is 30.0 Å². The van der Waals surface area contributed by atoms with Crippen molar-refractivity contribution in [2.45, 2.75) is 19.9 Å². The summed E-state index contributed by atoms with van der Waals surface area (Å²) in [7, 11) is 6.06. The van der Waals surface area contributed by atoms with Crippen molar-refractivity contribution in [2.24, 2.45) is 12.0 Å². The molecule has 1 rings (SSSR count). The summed E-state index contributed by atoms with van der Waals surface area (Å²) < 4.78 is 1.82. The van der Waals surface area contributed by atoms with Crippen molar-refractivity contribution in [2.75, 3.05) is 33.7 Å². The first-order chi connectivity index (χ1) is 9.08. The Hall–Kier alpha value is -0.830. The molecule has 1 atom stereocenters. The Balaban J connectivity index is 0.00000361. The van der Waals surface area contributed by atoms with E-state index in [2.05, 4.69) is 53.6 Å². The third kappa shape index (κ3) is 6.08. The van der Waals surface area contributed by atoms with Gasteiger partial charge < -0.3 is 15.5 Å². The van der Waals surface area contributed by atoms with Crippen LogP contribution >= 0.6 is 24.0 Å². The Kier molecular flexibility index (Phi) is 9.56. The number of nitrogens with one attached hydrogen (secondary N) is 2. The van der Waals surface area contributed by atoms with Crippen LogP contribution in [0.5, 0.6) is 0 Å². The molecular weight excluding hydrogens is 367 g/mol. The Morgan fingerprint density at radius 3 is 2.35 bits per heavy atom. The molecule has 1 aromatic heterocycles. The zero-order chi connectivity index (χ0) is 14.3. The van der Waals surface area contributed by atoms with Crippen molar-refractivity contribution in [1.29, 1.82) is 0 Å². The van der Waals surface area contributed by atoms with Crippen LogP contribution in [0, 0.1) is 0 Å². The van der Waals surface area contributed by atoms with Crippen LogP contribution in [0.3, 0.4) is 0 Å². The van der Waals surface area contributed by atoms with Gasteiger partial charge in [0.15, 0.2) is 5.96 Å². The summed E-state index contributed by atoms with van der Waals surface area (Å²) in [6.07, 6.45) is 3.95. The van der Waals surface area contributed by atoms with Gasteiger partial charge in [-0.3, -0.25) is 9.67 Å². The lowest BCUT2D eigenvalue weighted by atomic mass is 10.1. The van der Waals surface area contributed by atoms with Gasteiger partial charge in [-0.05, 0) is 27.9 Å². The molecule has 0 amide bonds. The fraction of sp³-hybridized carbons (Fsp3) is 0.692. The van der Waals surface area contributed by atoms with E-state index in [1.165, 1.54) is 5.56 Å². The van der Waals surface area contributed by atoms with Gasteiger partial charge in [0.2, 0.25) is 0 Å². The third-order valence-corrected chi connectivity index (χ3v) is 2.84. The van der Waals surface area contributed by atoms with Crippen LogP contribution in [0.25, 0.3) is 0 Å². The van der Waals surface area contributed by atoms with E-state index in [0.29, 0.717) is 6.54 Å². The van der Waals surface area contributed by atoms with Gasteiger partial charge in [-0.1, -0.05) is 0 Å². The van der Waals surface area contributed by atoms with Gasteiger partial charge in [0.05, 0.1) is 18.8 Å². The molecule has 2 N–H and O–H groups in total. The predicted octanol–water partition coefficient (Wildman–Crippen LogP) is 1.22. The Labute approximate surface area is 139 Å². The van der Waals surface area contributed by atoms with Gasteiger partial charge in [-0.25, -0.2) is 0 Å². The van der Waals surface area contributed by atoms with Crippen LogP contribution < -0.4 is 10.6 Å². The van der Waals surface area contributed by atoms with Crippen LogP contribution in [0.2, 0.25) is 0 Å². The molecule has 116 valence electrons. The molecule has 1 aromatic rings. The van der Waals surface area contributed by atoms with Crippen molar-refractivity contribution < 1.29 is 0 Å². The molecule has 0 saturated heterocycles. The van der Waals surface area contributed by atoms with Crippen molar-refractivity contribution >= 4 is 29.9 Å². The van der Waals surface area contributed by atoms with Gasteiger partial charge in [0.25, 0.3) is 0 Å². The molecule has 0 bridgehead atoms. The van der Waals surface area contributed by atoms with Crippen LogP contribution in [-0.2, 0) is 7.05 Å². The summed E-state index contributed by atoms with van der Waals surface area (Å²) in [4.78, 5) is 6.79. The monoisotopic (exact) mass is 394 g/mol. The second kappa shape index (κ2) is 9.98. The van der Waals surface area contributed by atoms with E-state index in [1.54, 1.807) is 0 Å². The topological polar surface area (TPSA) is 57.5 Å². The van der Waals surface area contributed by atoms with Crippen LogP contribution in [0.1, 0.15) is 25.5 Å². The number of aromatic nitrogens is 2. The Bertz CT molecular complexity index is 393. The summed E-state index contributed by atoms with van der Waals surface area (Å²) in [5.74, 6) is 0.862. The molecule has 0 aliphatic rings. The third-order valence-electron chi connectivity index (χ3n) is 2.84. The number of guanidine groups is 1. The van der Waals surface area contributed by atoms with Crippen molar-refractivity contribution in [3.8, 4) is 0 Å². The zero-order valence-electron chi connectivity index (χ0n) is 13.1. The molecule has 7 heteroatoms. The number of nitrogens with zero attached hydrogens (tertiary/aromatic N) is 4. The Morgan fingerprint density at radius 1 is 1.35 bits per heavy atom. The number of likely N-dealkylation sites (N-methyl/N-ethyl adjacent to an activating group) is 1. The summed E-state index contributed by atoms with van der Waals surface area (Å²) in [5.41, 5.74) is 1.18. The molecule has 1 heterocycles. The quantitative estimate of drug-likeness (QED) is 0.433. The summed E-state index contributed by atoms with van der Waals surface area (Å²) in [5, 5.41) is 10.7. The molecule has 0 fully saturated rings. The van der Waals surface area contributed by atoms with Crippen LogP contribution in [-0.4, -0.2) is 54.4 Å². The lowest BCUT2D eigenvalue weighted by Crippen LogP contribution is -2.37. The number of hydrogen-bond acceptors (Lipinski definition) is 3. The molecule has 0 aliphatic carbocycles. The second-order valence-electron chi connectivity index (χ2n) is 4.68. The molecule has 0 radical (unpaired) electrons. The molecule has 0 aromatic carbocycles. The summed E-state index contributed by atoms with van der Waals surface area (Å²) in [6.45, 7) is 6.57. The normalized spacial score (nSPS) is 11.7. The first-order valence-corrected chi connectivity index (χ1v) is 6.75. The van der Waals surface area contributed by atoms with Crippen LogP contribution in [0.15, 0.2) is 17.4 Å². The minimum atomic E-state index is 0. The van der Waals surface area contributed by atoms with Gasteiger partial charge in [0.1, 0.15) is 0 Å². The standard InChI is InChI=1S/C13H26N6.HI/c1-6-14-13(15-7-2)16-9-12(18(3)4)11-8-17-19(5)10-11;/h8,10,12H,6-7,9H2,1-5H3,(H2,14,15,16);1H. The molecular formula is C13H27IN6. The number of hydrogen-bond donors (Lipinski definition) is 2.